The van der Waals surface area contributed by atoms with Gasteiger partial charge in [-0.05, 0) is 38.1 Å². The zero-order valence-electron chi connectivity index (χ0n) is 14.0. The van der Waals surface area contributed by atoms with Gasteiger partial charge < -0.3 is 20.1 Å². The summed E-state index contributed by atoms with van der Waals surface area (Å²) >= 11 is 0. The van der Waals surface area contributed by atoms with Crippen molar-refractivity contribution in [2.75, 3.05) is 10.6 Å². The predicted molar refractivity (Wildman–Crippen MR) is 90.8 cm³/mol. The minimum atomic E-state index is -3.69. The number of carbonyl (C=O) groups excluding carboxylic acids is 2. The number of amides is 1. The number of rotatable bonds is 5. The molecule has 1 amide bonds. The van der Waals surface area contributed by atoms with E-state index in [1.165, 1.54) is 25.1 Å². The molecule has 2 N–H and O–H groups in total. The van der Waals surface area contributed by atoms with Crippen LogP contribution in [-0.4, -0.2) is 24.0 Å². The van der Waals surface area contributed by atoms with Crippen molar-refractivity contribution in [2.24, 2.45) is 0 Å². The Morgan fingerprint density at radius 2 is 1.77 bits per heavy atom. The number of halogens is 2. The lowest BCUT2D eigenvalue weighted by Gasteiger charge is -2.16. The fourth-order valence-electron chi connectivity index (χ4n) is 2.42. The monoisotopic (exact) mass is 362 g/mol. The first-order valence-corrected chi connectivity index (χ1v) is 7.82. The van der Waals surface area contributed by atoms with Crippen molar-refractivity contribution in [2.45, 2.75) is 26.2 Å². The number of carbonyl (C=O) groups is 2. The lowest BCUT2D eigenvalue weighted by Crippen LogP contribution is -2.31. The number of nitrogens with one attached hydrogen (secondary N) is 2. The Bertz CT molecular complexity index is 870. The first-order valence-electron chi connectivity index (χ1n) is 7.82. The lowest BCUT2D eigenvalue weighted by molar-refractivity contribution is -0.286. The van der Waals surface area contributed by atoms with Gasteiger partial charge in [-0.3, -0.25) is 9.59 Å². The summed E-state index contributed by atoms with van der Waals surface area (Å²) in [4.78, 5) is 23.7. The molecule has 1 heterocycles. The van der Waals surface area contributed by atoms with Crippen LogP contribution < -0.4 is 20.1 Å². The van der Waals surface area contributed by atoms with Crippen LogP contribution in [-0.2, 0) is 4.79 Å². The second-order valence-electron chi connectivity index (χ2n) is 5.82. The van der Waals surface area contributed by atoms with Crippen LogP contribution in [0.3, 0.4) is 0 Å². The number of benzene rings is 2. The summed E-state index contributed by atoms with van der Waals surface area (Å²) < 4.78 is 34.8. The first kappa shape index (κ1) is 17.7. The Hall–Kier alpha value is -3.16. The third-order valence-electron chi connectivity index (χ3n) is 3.71. The van der Waals surface area contributed by atoms with Crippen molar-refractivity contribution in [3.8, 4) is 11.5 Å². The third kappa shape index (κ3) is 3.90. The molecular formula is C18H16F2N2O4. The van der Waals surface area contributed by atoms with Crippen LogP contribution in [0.5, 0.6) is 11.5 Å². The topological polar surface area (TPSA) is 76.7 Å². The van der Waals surface area contributed by atoms with Gasteiger partial charge in [0.05, 0.1) is 0 Å². The van der Waals surface area contributed by atoms with Crippen LogP contribution in [0.25, 0.3) is 0 Å². The molecule has 1 unspecified atom stereocenters. The Balaban J connectivity index is 1.65. The van der Waals surface area contributed by atoms with E-state index in [1.807, 2.05) is 0 Å². The van der Waals surface area contributed by atoms with Crippen molar-refractivity contribution in [3.63, 3.8) is 0 Å². The van der Waals surface area contributed by atoms with Crippen LogP contribution >= 0.6 is 0 Å². The van der Waals surface area contributed by atoms with E-state index in [4.69, 9.17) is 0 Å². The second-order valence-corrected chi connectivity index (χ2v) is 5.82. The molecule has 0 aliphatic carbocycles. The molecule has 3 rings (SSSR count). The van der Waals surface area contributed by atoms with Crippen LogP contribution in [0.15, 0.2) is 42.5 Å². The molecule has 0 aromatic heterocycles. The van der Waals surface area contributed by atoms with E-state index < -0.39 is 12.3 Å². The van der Waals surface area contributed by atoms with Crippen LogP contribution in [0.4, 0.5) is 20.2 Å². The average molecular weight is 362 g/mol. The van der Waals surface area contributed by atoms with Gasteiger partial charge in [-0.15, -0.1) is 8.78 Å². The minimum Gasteiger partial charge on any atom is -0.395 e. The molecule has 0 fully saturated rings. The average Bonchev–Trinajstić information content (AvgIpc) is 2.88. The molecule has 2 aromatic carbocycles. The number of hydrogen-bond donors (Lipinski definition) is 2. The van der Waals surface area contributed by atoms with E-state index in [1.54, 1.807) is 31.2 Å². The van der Waals surface area contributed by atoms with E-state index in [-0.39, 0.29) is 23.2 Å². The van der Waals surface area contributed by atoms with Crippen molar-refractivity contribution in [3.05, 3.63) is 48.0 Å². The molecule has 0 spiro atoms. The quantitative estimate of drug-likeness (QED) is 0.794. The van der Waals surface area contributed by atoms with E-state index in [2.05, 4.69) is 20.1 Å². The summed E-state index contributed by atoms with van der Waals surface area (Å²) in [7, 11) is 0. The number of alkyl halides is 2. The number of ketones is 1. The van der Waals surface area contributed by atoms with Gasteiger partial charge in [0.1, 0.15) is 6.04 Å². The molecule has 26 heavy (non-hydrogen) atoms. The van der Waals surface area contributed by atoms with Gasteiger partial charge in [-0.2, -0.15) is 0 Å². The second kappa shape index (κ2) is 6.62. The molecule has 0 saturated carbocycles. The SMILES string of the molecule is CC(=O)c1cccc(NC(=O)C(C)Nc2ccc3c(c2)OC(F)(F)O3)c1. The Kier molecular flexibility index (Phi) is 4.50. The van der Waals surface area contributed by atoms with Gasteiger partial charge in [-0.1, -0.05) is 12.1 Å². The third-order valence-corrected chi connectivity index (χ3v) is 3.71. The highest BCUT2D eigenvalue weighted by molar-refractivity contribution is 5.99. The molecule has 8 heteroatoms. The summed E-state index contributed by atoms with van der Waals surface area (Å²) in [6.45, 7) is 3.05. The molecular weight excluding hydrogens is 346 g/mol. The molecule has 1 aliphatic heterocycles. The van der Waals surface area contributed by atoms with E-state index in [0.717, 1.165) is 0 Å². The highest BCUT2D eigenvalue weighted by Crippen LogP contribution is 2.42. The Morgan fingerprint density at radius 3 is 2.50 bits per heavy atom. The number of Topliss-reactive ketones (excluding diaryl/α,β-unsaturated/α-hetero) is 1. The molecule has 6 nitrogen and oxygen atoms in total. The van der Waals surface area contributed by atoms with Gasteiger partial charge in [0, 0.05) is 23.0 Å². The lowest BCUT2D eigenvalue weighted by atomic mass is 10.1. The predicted octanol–water partition coefficient (Wildman–Crippen LogP) is 3.65. The standard InChI is InChI=1S/C18H16F2N2O4/c1-10(17(24)22-13-5-3-4-12(8-13)11(2)23)21-14-6-7-15-16(9-14)26-18(19,20)25-15/h3-10,21H,1-2H3,(H,22,24). The maximum atomic E-state index is 13.0. The van der Waals surface area contributed by atoms with Gasteiger partial charge in [0.25, 0.3) is 0 Å². The largest absolute Gasteiger partial charge is 0.586 e. The number of ether oxygens (including phenoxy) is 2. The fourth-order valence-corrected chi connectivity index (χ4v) is 2.42. The van der Waals surface area contributed by atoms with Crippen molar-refractivity contribution < 1.29 is 27.8 Å². The Morgan fingerprint density at radius 1 is 1.04 bits per heavy atom. The van der Waals surface area contributed by atoms with Crippen molar-refractivity contribution in [1.29, 1.82) is 0 Å². The molecule has 1 aliphatic rings. The molecule has 1 atom stereocenters. The van der Waals surface area contributed by atoms with Crippen LogP contribution in [0.2, 0.25) is 0 Å². The zero-order valence-corrected chi connectivity index (χ0v) is 14.0. The summed E-state index contributed by atoms with van der Waals surface area (Å²) in [5, 5.41) is 5.59. The molecule has 0 bridgehead atoms. The maximum Gasteiger partial charge on any atom is 0.586 e. The summed E-state index contributed by atoms with van der Waals surface area (Å²) in [6, 6.07) is 10.1. The molecule has 2 aromatic rings. The van der Waals surface area contributed by atoms with Gasteiger partial charge in [-0.25, -0.2) is 0 Å². The number of fused-ring (bicyclic) bond motifs is 1. The van der Waals surface area contributed by atoms with E-state index in [0.29, 0.717) is 16.9 Å². The highest BCUT2D eigenvalue weighted by Gasteiger charge is 2.43. The van der Waals surface area contributed by atoms with Crippen LogP contribution in [0.1, 0.15) is 24.2 Å². The summed E-state index contributed by atoms with van der Waals surface area (Å²) in [6.07, 6.45) is -3.69. The summed E-state index contributed by atoms with van der Waals surface area (Å²) in [5.41, 5.74) is 1.40. The highest BCUT2D eigenvalue weighted by atomic mass is 19.3. The molecule has 0 saturated heterocycles. The van der Waals surface area contributed by atoms with Gasteiger partial charge in [0.2, 0.25) is 5.91 Å². The maximum absolute atomic E-state index is 13.0. The molecule has 136 valence electrons. The fraction of sp³-hybridized carbons (Fsp3) is 0.222. The van der Waals surface area contributed by atoms with Crippen molar-refractivity contribution in [1.82, 2.24) is 0 Å². The van der Waals surface area contributed by atoms with Crippen molar-refractivity contribution >= 4 is 23.1 Å². The minimum absolute atomic E-state index is 0.0706. The van der Waals surface area contributed by atoms with E-state index >= 15 is 0 Å². The number of hydrogen-bond acceptors (Lipinski definition) is 5. The zero-order chi connectivity index (χ0) is 18.9. The smallest absolute Gasteiger partial charge is 0.395 e. The normalized spacial score (nSPS) is 15.2. The van der Waals surface area contributed by atoms with Gasteiger partial charge >= 0.3 is 6.29 Å². The van der Waals surface area contributed by atoms with Crippen LogP contribution in [0, 0.1) is 0 Å². The Labute approximate surface area is 148 Å². The summed E-state index contributed by atoms with van der Waals surface area (Å²) in [5.74, 6) is -0.640. The van der Waals surface area contributed by atoms with Gasteiger partial charge in [0.15, 0.2) is 17.3 Å². The first-order chi connectivity index (χ1) is 12.2. The number of anilines is 2. The molecule has 0 radical (unpaired) electrons. The van der Waals surface area contributed by atoms with E-state index in [9.17, 15) is 18.4 Å².